The second-order valence-electron chi connectivity index (χ2n) is 7.51. The van der Waals surface area contributed by atoms with Crippen molar-refractivity contribution >= 4 is 17.0 Å². The summed E-state index contributed by atoms with van der Waals surface area (Å²) in [6.45, 7) is 6.13. The molecule has 2 aromatic heterocycles. The van der Waals surface area contributed by atoms with E-state index in [0.717, 1.165) is 23.8 Å². The minimum absolute atomic E-state index is 0.185. The van der Waals surface area contributed by atoms with Gasteiger partial charge in [-0.1, -0.05) is 50.8 Å². The molecule has 0 spiro atoms. The topological polar surface area (TPSA) is 122 Å². The first-order chi connectivity index (χ1) is 14.4. The molecule has 0 saturated carbocycles. The molecule has 2 heterocycles. The molecule has 8 nitrogen and oxygen atoms in total. The fraction of sp³-hybridized carbons (Fsp3) is 0.500. The van der Waals surface area contributed by atoms with Crippen LogP contribution in [0.2, 0.25) is 0 Å². The van der Waals surface area contributed by atoms with E-state index in [0.29, 0.717) is 37.0 Å². The van der Waals surface area contributed by atoms with Crippen LogP contribution in [0.25, 0.3) is 11.0 Å². The van der Waals surface area contributed by atoms with Crippen molar-refractivity contribution in [1.29, 1.82) is 0 Å². The smallest absolute Gasteiger partial charge is 0.336 e. The number of aliphatic hydroxyl groups excluding tert-OH is 1. The zero-order valence-corrected chi connectivity index (χ0v) is 17.6. The van der Waals surface area contributed by atoms with Crippen molar-refractivity contribution in [2.45, 2.75) is 71.1 Å². The van der Waals surface area contributed by atoms with E-state index in [4.69, 9.17) is 8.83 Å². The lowest BCUT2D eigenvalue weighted by molar-refractivity contribution is 0.00206. The Morgan fingerprint density at radius 2 is 1.90 bits per heavy atom. The van der Waals surface area contributed by atoms with Gasteiger partial charge in [0, 0.05) is 18.0 Å². The van der Waals surface area contributed by atoms with Crippen molar-refractivity contribution in [1.82, 2.24) is 10.2 Å². The van der Waals surface area contributed by atoms with Crippen LogP contribution in [0.15, 0.2) is 37.9 Å². The number of rotatable bonds is 10. The van der Waals surface area contributed by atoms with E-state index in [1.165, 1.54) is 6.07 Å². The maximum atomic E-state index is 12.0. The predicted octanol–water partition coefficient (Wildman–Crippen LogP) is 4.02. The largest absolute Gasteiger partial charge is 0.423 e. The van der Waals surface area contributed by atoms with Gasteiger partial charge < -0.3 is 24.4 Å². The molecular weight excluding hydrogens is 386 g/mol. The van der Waals surface area contributed by atoms with E-state index in [2.05, 4.69) is 22.4 Å². The molecule has 1 aromatic carbocycles. The summed E-state index contributed by atoms with van der Waals surface area (Å²) in [6.07, 6.45) is 2.69. The van der Waals surface area contributed by atoms with E-state index in [-0.39, 0.29) is 11.9 Å². The van der Waals surface area contributed by atoms with Gasteiger partial charge in [-0.05, 0) is 36.5 Å². The van der Waals surface area contributed by atoms with Gasteiger partial charge in [0.2, 0.25) is 5.89 Å². The van der Waals surface area contributed by atoms with Gasteiger partial charge in [0.05, 0.1) is 6.10 Å². The lowest BCUT2D eigenvalue weighted by Crippen LogP contribution is -2.23. The highest BCUT2D eigenvalue weighted by atomic mass is 16.4. The van der Waals surface area contributed by atoms with Crippen LogP contribution in [0.4, 0.5) is 6.01 Å². The average Bonchev–Trinajstić information content (AvgIpc) is 3.24. The zero-order chi connectivity index (χ0) is 21.7. The molecule has 0 radical (unpaired) electrons. The van der Waals surface area contributed by atoms with Gasteiger partial charge in [0.15, 0.2) is 0 Å². The lowest BCUT2D eigenvalue weighted by atomic mass is 9.98. The molecule has 1 atom stereocenters. The van der Waals surface area contributed by atoms with E-state index in [1.54, 1.807) is 6.07 Å². The molecule has 0 fully saturated rings. The Hall–Kier alpha value is -2.71. The fourth-order valence-electron chi connectivity index (χ4n) is 3.38. The van der Waals surface area contributed by atoms with Gasteiger partial charge in [-0.25, -0.2) is 4.79 Å². The summed E-state index contributed by atoms with van der Waals surface area (Å²) in [6, 6.07) is 7.05. The Labute approximate surface area is 174 Å². The van der Waals surface area contributed by atoms with Crippen molar-refractivity contribution in [3.63, 3.8) is 0 Å². The molecule has 0 amide bonds. The SMILES string of the molecule is CCCCC(O)c1cc(=O)oc2cc(CNc3nnc(C(O)(CC)CC)o3)ccc12. The third-order valence-corrected chi connectivity index (χ3v) is 5.47. The van der Waals surface area contributed by atoms with Crippen molar-refractivity contribution in [2.75, 3.05) is 5.32 Å². The molecule has 1 unspecified atom stereocenters. The number of nitrogens with zero attached hydrogens (tertiary/aromatic N) is 2. The highest BCUT2D eigenvalue weighted by molar-refractivity contribution is 5.81. The summed E-state index contributed by atoms with van der Waals surface area (Å²) >= 11 is 0. The molecule has 3 aromatic rings. The molecule has 0 aliphatic heterocycles. The molecule has 0 bridgehead atoms. The van der Waals surface area contributed by atoms with Crippen LogP contribution in [-0.2, 0) is 12.1 Å². The van der Waals surface area contributed by atoms with Crippen molar-refractivity contribution in [3.8, 4) is 0 Å². The molecule has 3 N–H and O–H groups in total. The minimum atomic E-state index is -1.13. The van der Waals surface area contributed by atoms with Crippen LogP contribution >= 0.6 is 0 Å². The monoisotopic (exact) mass is 415 g/mol. The number of nitrogens with one attached hydrogen (secondary N) is 1. The van der Waals surface area contributed by atoms with Crippen molar-refractivity contribution < 1.29 is 19.0 Å². The summed E-state index contributed by atoms with van der Waals surface area (Å²) in [4.78, 5) is 12.0. The Morgan fingerprint density at radius 3 is 2.60 bits per heavy atom. The molecule has 30 heavy (non-hydrogen) atoms. The van der Waals surface area contributed by atoms with E-state index in [1.807, 2.05) is 26.0 Å². The standard InChI is InChI=1S/C22H29N3O5/c1-4-7-8-17(26)16-12-19(27)29-18-11-14(9-10-15(16)18)13-23-21-25-24-20(30-21)22(28,5-2)6-3/h9-12,17,26,28H,4-8,13H2,1-3H3,(H,23,25). The van der Waals surface area contributed by atoms with Crippen LogP contribution in [0, 0.1) is 0 Å². The number of benzene rings is 1. The molecule has 8 heteroatoms. The summed E-state index contributed by atoms with van der Waals surface area (Å²) in [7, 11) is 0. The minimum Gasteiger partial charge on any atom is -0.423 e. The van der Waals surface area contributed by atoms with Crippen molar-refractivity contribution in [3.05, 3.63) is 51.7 Å². The van der Waals surface area contributed by atoms with E-state index >= 15 is 0 Å². The van der Waals surface area contributed by atoms with Gasteiger partial charge in [0.1, 0.15) is 11.2 Å². The van der Waals surface area contributed by atoms with Gasteiger partial charge in [-0.3, -0.25) is 0 Å². The molecule has 162 valence electrons. The van der Waals surface area contributed by atoms with Gasteiger partial charge in [-0.15, -0.1) is 5.10 Å². The first-order valence-corrected chi connectivity index (χ1v) is 10.4. The molecular formula is C22H29N3O5. The quantitative estimate of drug-likeness (QED) is 0.425. The molecule has 0 saturated heterocycles. The molecule has 3 rings (SSSR count). The van der Waals surface area contributed by atoms with E-state index in [9.17, 15) is 15.0 Å². The Morgan fingerprint density at radius 1 is 1.13 bits per heavy atom. The van der Waals surface area contributed by atoms with Crippen molar-refractivity contribution in [2.24, 2.45) is 0 Å². The number of hydrogen-bond acceptors (Lipinski definition) is 8. The number of aliphatic hydroxyl groups is 2. The van der Waals surface area contributed by atoms with Crippen LogP contribution in [0.3, 0.4) is 0 Å². The van der Waals surface area contributed by atoms with Gasteiger partial charge in [-0.2, -0.15) is 0 Å². The highest BCUT2D eigenvalue weighted by Crippen LogP contribution is 2.29. The van der Waals surface area contributed by atoms with Crippen LogP contribution in [0.5, 0.6) is 0 Å². The Kier molecular flexibility index (Phi) is 6.89. The molecule has 0 aliphatic carbocycles. The average molecular weight is 415 g/mol. The van der Waals surface area contributed by atoms with Crippen LogP contribution < -0.4 is 10.9 Å². The van der Waals surface area contributed by atoms with Crippen LogP contribution in [0.1, 0.15) is 76.0 Å². The first kappa shape index (κ1) is 22.0. The number of unbranched alkanes of at least 4 members (excludes halogenated alkanes) is 1. The fourth-order valence-corrected chi connectivity index (χ4v) is 3.38. The number of aromatic nitrogens is 2. The van der Waals surface area contributed by atoms with Gasteiger partial charge >= 0.3 is 11.6 Å². The zero-order valence-electron chi connectivity index (χ0n) is 17.6. The summed E-state index contributed by atoms with van der Waals surface area (Å²) in [5, 5.41) is 32.6. The van der Waals surface area contributed by atoms with E-state index < -0.39 is 17.3 Å². The second-order valence-corrected chi connectivity index (χ2v) is 7.51. The number of fused-ring (bicyclic) bond motifs is 1. The predicted molar refractivity (Wildman–Crippen MR) is 113 cm³/mol. The highest BCUT2D eigenvalue weighted by Gasteiger charge is 2.31. The summed E-state index contributed by atoms with van der Waals surface area (Å²) < 4.78 is 10.9. The second kappa shape index (κ2) is 9.40. The maximum Gasteiger partial charge on any atom is 0.336 e. The maximum absolute atomic E-state index is 12.0. The number of anilines is 1. The molecule has 0 aliphatic rings. The Bertz CT molecular complexity index is 1040. The first-order valence-electron chi connectivity index (χ1n) is 10.4. The summed E-state index contributed by atoms with van der Waals surface area (Å²) in [5.74, 6) is 0.185. The van der Waals surface area contributed by atoms with Crippen LogP contribution in [-0.4, -0.2) is 20.4 Å². The lowest BCUT2D eigenvalue weighted by Gasteiger charge is -2.19. The Balaban J connectivity index is 1.78. The third kappa shape index (κ3) is 4.71. The summed E-state index contributed by atoms with van der Waals surface area (Å²) in [5.41, 5.74) is 0.234. The van der Waals surface area contributed by atoms with Gasteiger partial charge in [0.25, 0.3) is 0 Å². The number of hydrogen-bond donors (Lipinski definition) is 3. The third-order valence-electron chi connectivity index (χ3n) is 5.47. The normalized spacial score (nSPS) is 13.0.